The van der Waals surface area contributed by atoms with Crippen LogP contribution >= 0.6 is 0 Å². The van der Waals surface area contributed by atoms with Crippen LogP contribution in [0, 0.1) is 5.92 Å². The number of hydrogen-bond donors (Lipinski definition) is 1. The van der Waals surface area contributed by atoms with E-state index >= 15 is 0 Å². The predicted octanol–water partition coefficient (Wildman–Crippen LogP) is 3.34. The fourth-order valence-electron chi connectivity index (χ4n) is 3.87. The lowest BCUT2D eigenvalue weighted by atomic mass is 9.71. The fraction of sp³-hybridized carbons (Fsp3) is 0.350. The second-order valence-electron chi connectivity index (χ2n) is 6.65. The van der Waals surface area contributed by atoms with E-state index in [0.29, 0.717) is 25.7 Å². The molecule has 4 heteroatoms. The zero-order chi connectivity index (χ0) is 16.6. The standard InChI is InChI=1S/C20H20O4/c21-18-12-7-13-20(22)17(18)14-19(23-24-20,15-8-3-1-4-9-15)16-10-5-2-6-11-16/h1-6,8-11,17,22H,7,12-14H2. The molecule has 2 unspecified atom stereocenters. The maximum atomic E-state index is 12.5. The maximum absolute atomic E-state index is 12.5. The van der Waals surface area contributed by atoms with Gasteiger partial charge in [-0.3, -0.25) is 4.79 Å². The Morgan fingerprint density at radius 2 is 1.50 bits per heavy atom. The van der Waals surface area contributed by atoms with Crippen LogP contribution < -0.4 is 0 Å². The van der Waals surface area contributed by atoms with E-state index in [1.165, 1.54) is 0 Å². The second kappa shape index (κ2) is 5.81. The highest BCUT2D eigenvalue weighted by molar-refractivity contribution is 5.83. The number of Topliss-reactive ketones (excluding diaryl/α,β-unsaturated/α-hetero) is 1. The lowest BCUT2D eigenvalue weighted by Crippen LogP contribution is -2.56. The molecule has 1 aliphatic heterocycles. The van der Waals surface area contributed by atoms with Crippen molar-refractivity contribution in [1.82, 2.24) is 0 Å². The van der Waals surface area contributed by atoms with Gasteiger partial charge < -0.3 is 5.11 Å². The summed E-state index contributed by atoms with van der Waals surface area (Å²) in [6.45, 7) is 0. The molecular formula is C20H20O4. The Kier molecular flexibility index (Phi) is 3.76. The third kappa shape index (κ3) is 2.38. The Labute approximate surface area is 141 Å². The Balaban J connectivity index is 1.82. The van der Waals surface area contributed by atoms with Crippen LogP contribution in [0.5, 0.6) is 0 Å². The fourth-order valence-corrected chi connectivity index (χ4v) is 3.87. The molecule has 1 aliphatic carbocycles. The van der Waals surface area contributed by atoms with Crippen LogP contribution in [0.2, 0.25) is 0 Å². The molecule has 2 fully saturated rings. The molecule has 24 heavy (non-hydrogen) atoms. The van der Waals surface area contributed by atoms with E-state index in [9.17, 15) is 9.90 Å². The van der Waals surface area contributed by atoms with Crippen molar-refractivity contribution in [2.24, 2.45) is 5.92 Å². The van der Waals surface area contributed by atoms with Crippen molar-refractivity contribution in [3.05, 3.63) is 71.8 Å². The van der Waals surface area contributed by atoms with Gasteiger partial charge in [-0.05, 0) is 17.5 Å². The summed E-state index contributed by atoms with van der Waals surface area (Å²) in [6, 6.07) is 19.5. The van der Waals surface area contributed by atoms with E-state index in [4.69, 9.17) is 9.78 Å². The topological polar surface area (TPSA) is 55.8 Å². The van der Waals surface area contributed by atoms with Crippen LogP contribution in [0.4, 0.5) is 0 Å². The van der Waals surface area contributed by atoms with Gasteiger partial charge in [0.05, 0.1) is 5.92 Å². The van der Waals surface area contributed by atoms with Gasteiger partial charge in [-0.15, -0.1) is 0 Å². The molecular weight excluding hydrogens is 304 g/mol. The van der Waals surface area contributed by atoms with E-state index in [2.05, 4.69) is 0 Å². The van der Waals surface area contributed by atoms with Gasteiger partial charge in [0, 0.05) is 19.3 Å². The normalized spacial score (nSPS) is 29.0. The number of ketones is 1. The van der Waals surface area contributed by atoms with Crippen molar-refractivity contribution in [2.75, 3.05) is 0 Å². The molecule has 1 saturated carbocycles. The SMILES string of the molecule is O=C1CCCC2(O)OOC(c3ccccc3)(c3ccccc3)CC12. The molecule has 124 valence electrons. The third-order valence-electron chi connectivity index (χ3n) is 5.19. The van der Waals surface area contributed by atoms with Crippen LogP contribution in [0.25, 0.3) is 0 Å². The van der Waals surface area contributed by atoms with Crippen LogP contribution in [-0.2, 0) is 20.2 Å². The van der Waals surface area contributed by atoms with Crippen molar-refractivity contribution >= 4 is 5.78 Å². The van der Waals surface area contributed by atoms with Crippen molar-refractivity contribution < 1.29 is 19.7 Å². The lowest BCUT2D eigenvalue weighted by Gasteiger charge is -2.48. The molecule has 0 spiro atoms. The van der Waals surface area contributed by atoms with E-state index in [0.717, 1.165) is 11.1 Å². The summed E-state index contributed by atoms with van der Waals surface area (Å²) in [5.41, 5.74) is 0.931. The van der Waals surface area contributed by atoms with Crippen LogP contribution in [0.3, 0.4) is 0 Å². The van der Waals surface area contributed by atoms with Gasteiger partial charge >= 0.3 is 0 Å². The highest BCUT2D eigenvalue weighted by Gasteiger charge is 2.56. The Morgan fingerprint density at radius 1 is 0.917 bits per heavy atom. The zero-order valence-electron chi connectivity index (χ0n) is 13.4. The second-order valence-corrected chi connectivity index (χ2v) is 6.65. The van der Waals surface area contributed by atoms with Gasteiger partial charge in [-0.1, -0.05) is 60.7 Å². The summed E-state index contributed by atoms with van der Waals surface area (Å²) in [4.78, 5) is 23.8. The first-order valence-electron chi connectivity index (χ1n) is 8.37. The first-order valence-corrected chi connectivity index (χ1v) is 8.37. The number of hydrogen-bond acceptors (Lipinski definition) is 4. The van der Waals surface area contributed by atoms with Crippen molar-refractivity contribution in [3.63, 3.8) is 0 Å². The molecule has 1 heterocycles. The summed E-state index contributed by atoms with van der Waals surface area (Å²) in [6.07, 6.45) is 1.90. The minimum atomic E-state index is -1.51. The van der Waals surface area contributed by atoms with Crippen LogP contribution in [0.1, 0.15) is 36.8 Å². The van der Waals surface area contributed by atoms with E-state index in [1.807, 2.05) is 60.7 Å². The number of rotatable bonds is 2. The Bertz CT molecular complexity index is 688. The lowest BCUT2D eigenvalue weighted by molar-refractivity contribution is -0.496. The molecule has 0 radical (unpaired) electrons. The molecule has 0 amide bonds. The van der Waals surface area contributed by atoms with Crippen LogP contribution in [0.15, 0.2) is 60.7 Å². The number of aliphatic hydroxyl groups is 1. The molecule has 4 rings (SSSR count). The Hall–Kier alpha value is -2.01. The van der Waals surface area contributed by atoms with Crippen molar-refractivity contribution in [3.8, 4) is 0 Å². The molecule has 0 bridgehead atoms. The molecule has 2 aromatic rings. The van der Waals surface area contributed by atoms with Gasteiger partial charge in [0.15, 0.2) is 5.60 Å². The van der Waals surface area contributed by atoms with Gasteiger partial charge in [0.2, 0.25) is 5.79 Å². The third-order valence-corrected chi connectivity index (χ3v) is 5.19. The number of fused-ring (bicyclic) bond motifs is 1. The molecule has 2 aliphatic rings. The molecule has 4 nitrogen and oxygen atoms in total. The quantitative estimate of drug-likeness (QED) is 0.861. The highest BCUT2D eigenvalue weighted by atomic mass is 17.2. The van der Waals surface area contributed by atoms with Crippen molar-refractivity contribution in [2.45, 2.75) is 37.1 Å². The summed E-state index contributed by atoms with van der Waals surface area (Å²) in [7, 11) is 0. The number of carbonyl (C=O) groups is 1. The van der Waals surface area contributed by atoms with Gasteiger partial charge in [-0.25, -0.2) is 4.89 Å². The number of benzene rings is 2. The molecule has 2 aromatic carbocycles. The highest BCUT2D eigenvalue weighted by Crippen LogP contribution is 2.50. The zero-order valence-corrected chi connectivity index (χ0v) is 13.4. The van der Waals surface area contributed by atoms with Gasteiger partial charge in [0.25, 0.3) is 0 Å². The molecule has 2 atom stereocenters. The number of carbonyl (C=O) groups excluding carboxylic acids is 1. The largest absolute Gasteiger partial charge is 0.363 e. The average molecular weight is 324 g/mol. The summed E-state index contributed by atoms with van der Waals surface area (Å²) in [5.74, 6) is -2.05. The first kappa shape index (κ1) is 15.5. The van der Waals surface area contributed by atoms with E-state index in [1.54, 1.807) is 0 Å². The summed E-state index contributed by atoms with van der Waals surface area (Å²) >= 11 is 0. The van der Waals surface area contributed by atoms with Crippen molar-refractivity contribution in [1.29, 1.82) is 0 Å². The molecule has 0 aromatic heterocycles. The minimum absolute atomic E-state index is 0.0447. The molecule has 1 N–H and O–H groups in total. The summed E-state index contributed by atoms with van der Waals surface area (Å²) < 4.78 is 0. The summed E-state index contributed by atoms with van der Waals surface area (Å²) in [5, 5.41) is 10.7. The monoisotopic (exact) mass is 324 g/mol. The predicted molar refractivity (Wildman–Crippen MR) is 87.7 cm³/mol. The van der Waals surface area contributed by atoms with E-state index < -0.39 is 17.3 Å². The Morgan fingerprint density at radius 3 is 2.08 bits per heavy atom. The average Bonchev–Trinajstić information content (AvgIpc) is 2.63. The molecule has 1 saturated heterocycles. The minimum Gasteiger partial charge on any atom is -0.363 e. The van der Waals surface area contributed by atoms with E-state index in [-0.39, 0.29) is 5.78 Å². The smallest absolute Gasteiger partial charge is 0.209 e. The first-order chi connectivity index (χ1) is 11.6. The van der Waals surface area contributed by atoms with Crippen LogP contribution in [-0.4, -0.2) is 16.7 Å². The maximum Gasteiger partial charge on any atom is 0.209 e. The van der Waals surface area contributed by atoms with Gasteiger partial charge in [0.1, 0.15) is 5.78 Å². The van der Waals surface area contributed by atoms with Gasteiger partial charge in [-0.2, -0.15) is 4.89 Å².